The van der Waals surface area contributed by atoms with Gasteiger partial charge >= 0.3 is 6.09 Å². The molecule has 1 aliphatic rings. The standard InChI is InChI=1S/C16H30N2O2/c1-6-7-20-16(19)18-11-14(8-12(2)3)17-10-15(18)9-13(4)5/h6,12-15,17H,1,7-11H2,2-5H3. The number of carbonyl (C=O) groups is 1. The minimum atomic E-state index is -0.203. The fourth-order valence-corrected chi connectivity index (χ4v) is 2.78. The van der Waals surface area contributed by atoms with E-state index >= 15 is 0 Å². The third-order valence-corrected chi connectivity index (χ3v) is 3.56. The van der Waals surface area contributed by atoms with Crippen LogP contribution >= 0.6 is 0 Å². The van der Waals surface area contributed by atoms with Gasteiger partial charge in [-0.25, -0.2) is 4.79 Å². The maximum atomic E-state index is 12.2. The Morgan fingerprint density at radius 3 is 2.55 bits per heavy atom. The molecule has 2 unspecified atom stereocenters. The molecule has 1 fully saturated rings. The molecule has 4 heteroatoms. The van der Waals surface area contributed by atoms with Gasteiger partial charge in [-0.3, -0.25) is 0 Å². The van der Waals surface area contributed by atoms with Crippen molar-refractivity contribution in [1.29, 1.82) is 0 Å². The predicted octanol–water partition coefficient (Wildman–Crippen LogP) is 3.04. The van der Waals surface area contributed by atoms with Gasteiger partial charge in [0.15, 0.2) is 0 Å². The summed E-state index contributed by atoms with van der Waals surface area (Å²) < 4.78 is 5.24. The number of ether oxygens (including phenoxy) is 1. The van der Waals surface area contributed by atoms with Crippen LogP contribution in [-0.2, 0) is 4.74 Å². The fraction of sp³-hybridized carbons (Fsp3) is 0.812. The van der Waals surface area contributed by atoms with Crippen LogP contribution in [0.15, 0.2) is 12.7 Å². The summed E-state index contributed by atoms with van der Waals surface area (Å²) in [4.78, 5) is 14.1. The van der Waals surface area contributed by atoms with Crippen molar-refractivity contribution in [3.05, 3.63) is 12.7 Å². The summed E-state index contributed by atoms with van der Waals surface area (Å²) in [6.07, 6.45) is 3.50. The van der Waals surface area contributed by atoms with Gasteiger partial charge in [0.1, 0.15) is 6.61 Å². The fourth-order valence-electron chi connectivity index (χ4n) is 2.78. The topological polar surface area (TPSA) is 41.6 Å². The highest BCUT2D eigenvalue weighted by Crippen LogP contribution is 2.19. The van der Waals surface area contributed by atoms with Crippen LogP contribution in [0, 0.1) is 11.8 Å². The molecule has 1 N–H and O–H groups in total. The van der Waals surface area contributed by atoms with Crippen molar-refractivity contribution in [2.45, 2.75) is 52.6 Å². The molecule has 0 bridgehead atoms. The Labute approximate surface area is 123 Å². The first-order chi connectivity index (χ1) is 9.43. The summed E-state index contributed by atoms with van der Waals surface area (Å²) in [7, 11) is 0. The molecule has 0 aromatic carbocycles. The van der Waals surface area contributed by atoms with E-state index in [4.69, 9.17) is 4.74 Å². The molecule has 116 valence electrons. The van der Waals surface area contributed by atoms with Crippen LogP contribution in [0.1, 0.15) is 40.5 Å². The molecule has 1 heterocycles. The van der Waals surface area contributed by atoms with Crippen LogP contribution in [0.25, 0.3) is 0 Å². The van der Waals surface area contributed by atoms with Crippen LogP contribution in [0.5, 0.6) is 0 Å². The second kappa shape index (κ2) is 8.30. The summed E-state index contributed by atoms with van der Waals surface area (Å²) >= 11 is 0. The molecule has 0 aromatic rings. The summed E-state index contributed by atoms with van der Waals surface area (Å²) in [5, 5.41) is 3.58. The molecule has 1 saturated heterocycles. The first kappa shape index (κ1) is 17.0. The normalized spacial score (nSPS) is 23.2. The van der Waals surface area contributed by atoms with Crippen molar-refractivity contribution >= 4 is 6.09 Å². The van der Waals surface area contributed by atoms with Gasteiger partial charge in [-0.05, 0) is 24.7 Å². The zero-order chi connectivity index (χ0) is 15.1. The van der Waals surface area contributed by atoms with E-state index in [9.17, 15) is 4.79 Å². The summed E-state index contributed by atoms with van der Waals surface area (Å²) in [5.41, 5.74) is 0. The van der Waals surface area contributed by atoms with Crippen LogP contribution in [-0.4, -0.2) is 42.8 Å². The highest BCUT2D eigenvalue weighted by atomic mass is 16.6. The van der Waals surface area contributed by atoms with Gasteiger partial charge in [0.25, 0.3) is 0 Å². The van der Waals surface area contributed by atoms with Gasteiger partial charge in [0, 0.05) is 25.2 Å². The Morgan fingerprint density at radius 1 is 1.35 bits per heavy atom. The lowest BCUT2D eigenvalue weighted by Crippen LogP contribution is -2.59. The van der Waals surface area contributed by atoms with E-state index in [1.54, 1.807) is 6.08 Å². The molecule has 1 aliphatic heterocycles. The molecule has 2 atom stereocenters. The van der Waals surface area contributed by atoms with Crippen molar-refractivity contribution < 1.29 is 9.53 Å². The summed E-state index contributed by atoms with van der Waals surface area (Å²) in [6.45, 7) is 14.3. The van der Waals surface area contributed by atoms with E-state index < -0.39 is 0 Å². The molecular formula is C16H30N2O2. The number of nitrogens with one attached hydrogen (secondary N) is 1. The average Bonchev–Trinajstić information content (AvgIpc) is 2.36. The maximum absolute atomic E-state index is 12.2. The van der Waals surface area contributed by atoms with E-state index in [0.717, 1.165) is 25.9 Å². The van der Waals surface area contributed by atoms with E-state index in [1.165, 1.54) is 0 Å². The molecule has 4 nitrogen and oxygen atoms in total. The molecule has 1 rings (SSSR count). The lowest BCUT2D eigenvalue weighted by molar-refractivity contribution is 0.0662. The molecular weight excluding hydrogens is 252 g/mol. The van der Waals surface area contributed by atoms with E-state index in [2.05, 4.69) is 39.6 Å². The SMILES string of the molecule is C=CCOC(=O)N1CC(CC(C)C)NCC1CC(C)C. The quantitative estimate of drug-likeness (QED) is 0.761. The third-order valence-electron chi connectivity index (χ3n) is 3.56. The Morgan fingerprint density at radius 2 is 2.00 bits per heavy atom. The Balaban J connectivity index is 2.66. The lowest BCUT2D eigenvalue weighted by Gasteiger charge is -2.41. The Kier molecular flexibility index (Phi) is 7.06. The van der Waals surface area contributed by atoms with Crippen LogP contribution in [0.3, 0.4) is 0 Å². The predicted molar refractivity (Wildman–Crippen MR) is 82.7 cm³/mol. The Bertz CT molecular complexity index is 316. The van der Waals surface area contributed by atoms with Crippen molar-refractivity contribution in [3.63, 3.8) is 0 Å². The smallest absolute Gasteiger partial charge is 0.410 e. The van der Waals surface area contributed by atoms with Gasteiger partial charge in [-0.15, -0.1) is 0 Å². The second-order valence-electron chi connectivity index (χ2n) is 6.54. The highest BCUT2D eigenvalue weighted by molar-refractivity contribution is 5.68. The van der Waals surface area contributed by atoms with Gasteiger partial charge < -0.3 is 15.0 Å². The van der Waals surface area contributed by atoms with Gasteiger partial charge in [-0.2, -0.15) is 0 Å². The monoisotopic (exact) mass is 282 g/mol. The highest BCUT2D eigenvalue weighted by Gasteiger charge is 2.32. The first-order valence-electron chi connectivity index (χ1n) is 7.71. The zero-order valence-electron chi connectivity index (χ0n) is 13.4. The summed E-state index contributed by atoms with van der Waals surface area (Å²) in [5.74, 6) is 1.19. The number of hydrogen-bond acceptors (Lipinski definition) is 3. The first-order valence-corrected chi connectivity index (χ1v) is 7.71. The largest absolute Gasteiger partial charge is 0.445 e. The van der Waals surface area contributed by atoms with E-state index in [-0.39, 0.29) is 18.7 Å². The minimum Gasteiger partial charge on any atom is -0.445 e. The number of hydrogen-bond donors (Lipinski definition) is 1. The second-order valence-corrected chi connectivity index (χ2v) is 6.54. The molecule has 0 aliphatic carbocycles. The molecule has 0 spiro atoms. The van der Waals surface area contributed by atoms with E-state index in [0.29, 0.717) is 17.9 Å². The van der Waals surface area contributed by atoms with E-state index in [1.807, 2.05) is 4.90 Å². The molecule has 0 saturated carbocycles. The third kappa shape index (κ3) is 5.53. The van der Waals surface area contributed by atoms with Crippen molar-refractivity contribution in [2.24, 2.45) is 11.8 Å². The minimum absolute atomic E-state index is 0.203. The average molecular weight is 282 g/mol. The maximum Gasteiger partial charge on any atom is 0.410 e. The summed E-state index contributed by atoms with van der Waals surface area (Å²) in [6, 6.07) is 0.602. The van der Waals surface area contributed by atoms with Crippen LogP contribution in [0.2, 0.25) is 0 Å². The molecule has 0 radical (unpaired) electrons. The van der Waals surface area contributed by atoms with Crippen LogP contribution < -0.4 is 5.32 Å². The van der Waals surface area contributed by atoms with Crippen LogP contribution in [0.4, 0.5) is 4.79 Å². The number of amides is 1. The lowest BCUT2D eigenvalue weighted by atomic mass is 9.96. The van der Waals surface area contributed by atoms with Gasteiger partial charge in [0.2, 0.25) is 0 Å². The number of rotatable bonds is 6. The van der Waals surface area contributed by atoms with Gasteiger partial charge in [-0.1, -0.05) is 40.3 Å². The van der Waals surface area contributed by atoms with Gasteiger partial charge in [0.05, 0.1) is 0 Å². The molecule has 1 amide bonds. The zero-order valence-corrected chi connectivity index (χ0v) is 13.4. The Hall–Kier alpha value is -1.03. The number of carbonyl (C=O) groups excluding carboxylic acids is 1. The molecule has 20 heavy (non-hydrogen) atoms. The van der Waals surface area contributed by atoms with Crippen molar-refractivity contribution in [1.82, 2.24) is 10.2 Å². The number of piperazine rings is 1. The van der Waals surface area contributed by atoms with Crippen molar-refractivity contribution in [2.75, 3.05) is 19.7 Å². The number of nitrogens with zero attached hydrogens (tertiary/aromatic N) is 1. The molecule has 0 aromatic heterocycles. The van der Waals surface area contributed by atoms with Crippen molar-refractivity contribution in [3.8, 4) is 0 Å².